The fraction of sp³-hybridized carbons (Fsp3) is 0.538. The van der Waals surface area contributed by atoms with Crippen molar-refractivity contribution in [2.45, 2.75) is 45.1 Å². The van der Waals surface area contributed by atoms with Gasteiger partial charge >= 0.3 is 0 Å². The molecule has 0 fully saturated rings. The van der Waals surface area contributed by atoms with Crippen LogP contribution in [0.1, 0.15) is 37.4 Å². The van der Waals surface area contributed by atoms with Gasteiger partial charge in [0.1, 0.15) is 12.1 Å². The predicted molar refractivity (Wildman–Crippen MR) is 66.6 cm³/mol. The first-order chi connectivity index (χ1) is 7.81. The minimum absolute atomic E-state index is 0.387. The van der Waals surface area contributed by atoms with Gasteiger partial charge in [-0.2, -0.15) is 0 Å². The normalized spacial score (nSPS) is 16.3. The van der Waals surface area contributed by atoms with E-state index >= 15 is 0 Å². The molecule has 1 heterocycles. The van der Waals surface area contributed by atoms with Gasteiger partial charge in [0.2, 0.25) is 0 Å². The van der Waals surface area contributed by atoms with Crippen molar-refractivity contribution in [1.82, 2.24) is 9.97 Å². The molecule has 0 radical (unpaired) electrons. The first kappa shape index (κ1) is 11.1. The molecule has 1 N–H and O–H groups in total. The molecule has 0 aromatic carbocycles. The van der Waals surface area contributed by atoms with Crippen LogP contribution in [0, 0.1) is 0 Å². The van der Waals surface area contributed by atoms with Gasteiger partial charge in [-0.25, -0.2) is 9.97 Å². The van der Waals surface area contributed by atoms with Gasteiger partial charge in [0, 0.05) is 17.3 Å². The third-order valence-electron chi connectivity index (χ3n) is 3.03. The lowest BCUT2D eigenvalue weighted by molar-refractivity contribution is 0.660. The molecule has 0 saturated carbocycles. The van der Waals surface area contributed by atoms with Crippen LogP contribution in [-0.2, 0) is 12.8 Å². The molecule has 0 spiro atoms. The van der Waals surface area contributed by atoms with Crippen LogP contribution < -0.4 is 5.32 Å². The van der Waals surface area contributed by atoms with Gasteiger partial charge in [-0.3, -0.25) is 0 Å². The van der Waals surface area contributed by atoms with Crippen molar-refractivity contribution in [3.05, 3.63) is 30.2 Å². The second kappa shape index (κ2) is 5.10. The SMILES string of the molecule is C=CCC(C)Nc1ncnc2c1CCCC2. The highest BCUT2D eigenvalue weighted by Crippen LogP contribution is 2.24. The number of rotatable bonds is 4. The number of anilines is 1. The Morgan fingerprint density at radius 3 is 3.06 bits per heavy atom. The summed E-state index contributed by atoms with van der Waals surface area (Å²) in [5.41, 5.74) is 2.55. The molecule has 0 aliphatic heterocycles. The van der Waals surface area contributed by atoms with Crippen LogP contribution in [0.5, 0.6) is 0 Å². The van der Waals surface area contributed by atoms with E-state index in [0.717, 1.165) is 25.1 Å². The Morgan fingerprint density at radius 1 is 1.44 bits per heavy atom. The highest BCUT2D eigenvalue weighted by Gasteiger charge is 2.15. The van der Waals surface area contributed by atoms with Crippen molar-refractivity contribution in [3.63, 3.8) is 0 Å². The zero-order chi connectivity index (χ0) is 11.4. The summed E-state index contributed by atoms with van der Waals surface area (Å²) in [6.45, 7) is 5.91. The summed E-state index contributed by atoms with van der Waals surface area (Å²) in [6, 6.07) is 0.387. The number of fused-ring (bicyclic) bond motifs is 1. The van der Waals surface area contributed by atoms with E-state index in [9.17, 15) is 0 Å². The molecule has 1 unspecified atom stereocenters. The first-order valence-electron chi connectivity index (χ1n) is 6.01. The fourth-order valence-corrected chi connectivity index (χ4v) is 2.19. The van der Waals surface area contributed by atoms with E-state index in [2.05, 4.69) is 28.8 Å². The minimum atomic E-state index is 0.387. The van der Waals surface area contributed by atoms with Crippen LogP contribution in [0.3, 0.4) is 0 Å². The summed E-state index contributed by atoms with van der Waals surface area (Å²) in [7, 11) is 0. The maximum atomic E-state index is 4.36. The number of aryl methyl sites for hydroxylation is 1. The molecule has 1 atom stereocenters. The molecular weight excluding hydrogens is 198 g/mol. The lowest BCUT2D eigenvalue weighted by Crippen LogP contribution is -2.18. The van der Waals surface area contributed by atoms with E-state index in [-0.39, 0.29) is 0 Å². The molecule has 2 rings (SSSR count). The van der Waals surface area contributed by atoms with E-state index < -0.39 is 0 Å². The standard InChI is InChI=1S/C13H19N3/c1-3-6-10(2)16-13-11-7-4-5-8-12(11)14-9-15-13/h3,9-10H,1,4-8H2,2H3,(H,14,15,16). The molecule has 1 aliphatic carbocycles. The minimum Gasteiger partial charge on any atom is -0.367 e. The van der Waals surface area contributed by atoms with E-state index in [1.54, 1.807) is 6.33 Å². The summed E-state index contributed by atoms with van der Waals surface area (Å²) < 4.78 is 0. The molecule has 1 aromatic heterocycles. The molecule has 1 aliphatic rings. The van der Waals surface area contributed by atoms with E-state index in [0.29, 0.717) is 6.04 Å². The van der Waals surface area contributed by atoms with Crippen LogP contribution in [0.25, 0.3) is 0 Å². The third-order valence-corrected chi connectivity index (χ3v) is 3.03. The second-order valence-electron chi connectivity index (χ2n) is 4.42. The second-order valence-corrected chi connectivity index (χ2v) is 4.42. The number of nitrogens with one attached hydrogen (secondary N) is 1. The lowest BCUT2D eigenvalue weighted by atomic mass is 9.96. The molecule has 1 aromatic rings. The number of hydrogen-bond acceptors (Lipinski definition) is 3. The summed E-state index contributed by atoms with van der Waals surface area (Å²) in [4.78, 5) is 8.72. The topological polar surface area (TPSA) is 37.8 Å². The zero-order valence-electron chi connectivity index (χ0n) is 9.87. The van der Waals surface area contributed by atoms with Gasteiger partial charge in [0.25, 0.3) is 0 Å². The van der Waals surface area contributed by atoms with Crippen LogP contribution in [0.15, 0.2) is 19.0 Å². The Bertz CT molecular complexity index is 373. The van der Waals surface area contributed by atoms with Crippen LogP contribution in [0.4, 0.5) is 5.82 Å². The Hall–Kier alpha value is -1.38. The summed E-state index contributed by atoms with van der Waals surface area (Å²) in [5.74, 6) is 1.03. The maximum Gasteiger partial charge on any atom is 0.133 e. The van der Waals surface area contributed by atoms with Crippen molar-refractivity contribution in [3.8, 4) is 0 Å². The van der Waals surface area contributed by atoms with Gasteiger partial charge in [0.05, 0.1) is 0 Å². The Morgan fingerprint density at radius 2 is 2.25 bits per heavy atom. The van der Waals surface area contributed by atoms with E-state index in [4.69, 9.17) is 0 Å². The third kappa shape index (κ3) is 2.40. The van der Waals surface area contributed by atoms with Crippen LogP contribution in [0.2, 0.25) is 0 Å². The van der Waals surface area contributed by atoms with Crippen molar-refractivity contribution in [2.24, 2.45) is 0 Å². The average molecular weight is 217 g/mol. The van der Waals surface area contributed by atoms with E-state index in [1.807, 2.05) is 6.08 Å². The Balaban J connectivity index is 2.17. The van der Waals surface area contributed by atoms with Gasteiger partial charge in [-0.1, -0.05) is 6.08 Å². The number of hydrogen-bond donors (Lipinski definition) is 1. The molecule has 0 saturated heterocycles. The van der Waals surface area contributed by atoms with Crippen LogP contribution in [-0.4, -0.2) is 16.0 Å². The fourth-order valence-electron chi connectivity index (χ4n) is 2.19. The van der Waals surface area contributed by atoms with Gasteiger partial charge in [0.15, 0.2) is 0 Å². The average Bonchev–Trinajstić information content (AvgIpc) is 2.30. The highest BCUT2D eigenvalue weighted by molar-refractivity contribution is 5.47. The summed E-state index contributed by atoms with van der Waals surface area (Å²) in [6.07, 6.45) is 9.29. The summed E-state index contributed by atoms with van der Waals surface area (Å²) >= 11 is 0. The van der Waals surface area contributed by atoms with E-state index in [1.165, 1.54) is 24.1 Å². The van der Waals surface area contributed by atoms with Gasteiger partial charge in [-0.15, -0.1) is 6.58 Å². The van der Waals surface area contributed by atoms with Crippen molar-refractivity contribution in [1.29, 1.82) is 0 Å². The maximum absolute atomic E-state index is 4.36. The van der Waals surface area contributed by atoms with Crippen molar-refractivity contribution < 1.29 is 0 Å². The largest absolute Gasteiger partial charge is 0.367 e. The monoisotopic (exact) mass is 217 g/mol. The Labute approximate surface area is 97.0 Å². The molecular formula is C13H19N3. The van der Waals surface area contributed by atoms with Crippen molar-refractivity contribution >= 4 is 5.82 Å². The first-order valence-corrected chi connectivity index (χ1v) is 6.01. The number of nitrogens with zero attached hydrogens (tertiary/aromatic N) is 2. The molecule has 3 nitrogen and oxygen atoms in total. The Kier molecular flexibility index (Phi) is 3.54. The number of aromatic nitrogens is 2. The van der Waals surface area contributed by atoms with Gasteiger partial charge < -0.3 is 5.32 Å². The zero-order valence-corrected chi connectivity index (χ0v) is 9.87. The highest BCUT2D eigenvalue weighted by atomic mass is 15.0. The molecule has 3 heteroatoms. The molecule has 0 amide bonds. The van der Waals surface area contributed by atoms with Crippen LogP contribution >= 0.6 is 0 Å². The molecule has 86 valence electrons. The van der Waals surface area contributed by atoms with Gasteiger partial charge in [-0.05, 0) is 39.0 Å². The summed E-state index contributed by atoms with van der Waals surface area (Å²) in [5, 5.41) is 3.45. The molecule has 0 bridgehead atoms. The quantitative estimate of drug-likeness (QED) is 0.788. The molecule has 16 heavy (non-hydrogen) atoms. The predicted octanol–water partition coefficient (Wildman–Crippen LogP) is 2.73. The van der Waals surface area contributed by atoms with Crippen molar-refractivity contribution in [2.75, 3.05) is 5.32 Å². The smallest absolute Gasteiger partial charge is 0.133 e. The lowest BCUT2D eigenvalue weighted by Gasteiger charge is -2.20.